The van der Waals surface area contributed by atoms with Gasteiger partial charge in [-0.25, -0.2) is 0 Å². The van der Waals surface area contributed by atoms with Crippen LogP contribution in [0.3, 0.4) is 0 Å². The van der Waals surface area contributed by atoms with Gasteiger partial charge in [0.15, 0.2) is 0 Å². The minimum atomic E-state index is -0.845. The molecule has 0 fully saturated rings. The molecule has 0 bridgehead atoms. The molecule has 0 unspecified atom stereocenters. The second kappa shape index (κ2) is 6.87. The molecule has 2 aromatic carbocycles. The number of aromatic nitrogens is 1. The SMILES string of the molecule is CCOc1ccccc1-c1[nH]c2ccc(C(C)(C)C)cc2c1CC(=O)O. The van der Waals surface area contributed by atoms with Gasteiger partial charge in [-0.3, -0.25) is 4.79 Å². The van der Waals surface area contributed by atoms with E-state index < -0.39 is 5.97 Å². The van der Waals surface area contributed by atoms with Crippen molar-refractivity contribution in [1.82, 2.24) is 4.98 Å². The fourth-order valence-electron chi connectivity index (χ4n) is 3.23. The minimum Gasteiger partial charge on any atom is -0.493 e. The van der Waals surface area contributed by atoms with E-state index >= 15 is 0 Å². The number of para-hydroxylation sites is 1. The van der Waals surface area contributed by atoms with E-state index in [-0.39, 0.29) is 11.8 Å². The molecule has 0 spiro atoms. The number of carboxylic acids is 1. The molecule has 2 N–H and O–H groups in total. The van der Waals surface area contributed by atoms with Crippen LogP contribution in [0.4, 0.5) is 0 Å². The van der Waals surface area contributed by atoms with Crippen LogP contribution in [-0.2, 0) is 16.6 Å². The summed E-state index contributed by atoms with van der Waals surface area (Å²) in [6.07, 6.45) is -0.0383. The van der Waals surface area contributed by atoms with Gasteiger partial charge >= 0.3 is 5.97 Å². The molecule has 136 valence electrons. The maximum Gasteiger partial charge on any atom is 0.307 e. The van der Waals surface area contributed by atoms with Crippen molar-refractivity contribution < 1.29 is 14.6 Å². The molecule has 0 saturated heterocycles. The van der Waals surface area contributed by atoms with Gasteiger partial charge in [0, 0.05) is 16.5 Å². The molecule has 0 aliphatic heterocycles. The van der Waals surface area contributed by atoms with Crippen LogP contribution < -0.4 is 4.74 Å². The Morgan fingerprint density at radius 3 is 2.54 bits per heavy atom. The molecular formula is C22H25NO3. The van der Waals surface area contributed by atoms with Gasteiger partial charge in [0.05, 0.1) is 18.7 Å². The van der Waals surface area contributed by atoms with Crippen LogP contribution in [0.2, 0.25) is 0 Å². The summed E-state index contributed by atoms with van der Waals surface area (Å²) in [7, 11) is 0. The van der Waals surface area contributed by atoms with Crippen molar-refractivity contribution in [3.05, 3.63) is 53.6 Å². The molecule has 26 heavy (non-hydrogen) atoms. The molecule has 0 atom stereocenters. The summed E-state index contributed by atoms with van der Waals surface area (Å²) in [6.45, 7) is 8.96. The van der Waals surface area contributed by atoms with Gasteiger partial charge in [-0.1, -0.05) is 39.0 Å². The number of hydrogen-bond donors (Lipinski definition) is 2. The average Bonchev–Trinajstić information content (AvgIpc) is 2.92. The highest BCUT2D eigenvalue weighted by Crippen LogP contribution is 2.37. The smallest absolute Gasteiger partial charge is 0.307 e. The van der Waals surface area contributed by atoms with E-state index in [0.29, 0.717) is 6.61 Å². The third kappa shape index (κ3) is 3.45. The van der Waals surface area contributed by atoms with Crippen molar-refractivity contribution in [3.63, 3.8) is 0 Å². The molecule has 4 nitrogen and oxygen atoms in total. The lowest BCUT2D eigenvalue weighted by Gasteiger charge is -2.19. The molecule has 3 rings (SSSR count). The molecule has 0 aliphatic rings. The number of carbonyl (C=O) groups is 1. The highest BCUT2D eigenvalue weighted by molar-refractivity contribution is 5.95. The first-order valence-electron chi connectivity index (χ1n) is 8.90. The van der Waals surface area contributed by atoms with Gasteiger partial charge in [-0.15, -0.1) is 0 Å². The summed E-state index contributed by atoms with van der Waals surface area (Å²) in [5.41, 5.74) is 4.62. The number of carboxylic acid groups (broad SMARTS) is 1. The van der Waals surface area contributed by atoms with Crippen LogP contribution in [0.1, 0.15) is 38.8 Å². The normalized spacial score (nSPS) is 11.7. The number of benzene rings is 2. The number of ether oxygens (including phenoxy) is 1. The Morgan fingerprint density at radius 2 is 1.88 bits per heavy atom. The van der Waals surface area contributed by atoms with Crippen LogP contribution in [0.25, 0.3) is 22.2 Å². The van der Waals surface area contributed by atoms with Crippen LogP contribution >= 0.6 is 0 Å². The molecule has 1 aromatic heterocycles. The zero-order valence-corrected chi connectivity index (χ0v) is 15.7. The predicted octanol–water partition coefficient (Wildman–Crippen LogP) is 5.16. The van der Waals surface area contributed by atoms with Crippen molar-refractivity contribution in [2.45, 2.75) is 39.5 Å². The van der Waals surface area contributed by atoms with Gasteiger partial charge in [0.2, 0.25) is 0 Å². The Labute approximate surface area is 153 Å². The number of rotatable bonds is 5. The van der Waals surface area contributed by atoms with E-state index in [4.69, 9.17) is 4.74 Å². The van der Waals surface area contributed by atoms with E-state index in [0.717, 1.165) is 33.5 Å². The first-order chi connectivity index (χ1) is 12.3. The lowest BCUT2D eigenvalue weighted by molar-refractivity contribution is -0.136. The van der Waals surface area contributed by atoms with E-state index in [1.807, 2.05) is 37.3 Å². The number of aliphatic carboxylic acids is 1. The third-order valence-electron chi connectivity index (χ3n) is 4.56. The van der Waals surface area contributed by atoms with Crippen molar-refractivity contribution in [2.75, 3.05) is 6.61 Å². The second-order valence-corrected chi connectivity index (χ2v) is 7.49. The number of H-pyrrole nitrogens is 1. The maximum absolute atomic E-state index is 11.5. The summed E-state index contributed by atoms with van der Waals surface area (Å²) in [5.74, 6) is -0.0913. The minimum absolute atomic E-state index is 0.00462. The van der Waals surface area contributed by atoms with Crippen molar-refractivity contribution >= 4 is 16.9 Å². The fraction of sp³-hybridized carbons (Fsp3) is 0.318. The average molecular weight is 351 g/mol. The lowest BCUT2D eigenvalue weighted by Crippen LogP contribution is -2.10. The van der Waals surface area contributed by atoms with Gasteiger partial charge in [-0.05, 0) is 47.7 Å². The molecule has 1 heterocycles. The number of nitrogens with one attached hydrogen (secondary N) is 1. The summed E-state index contributed by atoms with van der Waals surface area (Å²) in [6, 6.07) is 14.0. The molecule has 0 saturated carbocycles. The van der Waals surface area contributed by atoms with E-state index in [1.54, 1.807) is 0 Å². The summed E-state index contributed by atoms with van der Waals surface area (Å²) in [5, 5.41) is 10.4. The van der Waals surface area contributed by atoms with Crippen LogP contribution in [-0.4, -0.2) is 22.7 Å². The van der Waals surface area contributed by atoms with Gasteiger partial charge < -0.3 is 14.8 Å². The van der Waals surface area contributed by atoms with Gasteiger partial charge in [-0.2, -0.15) is 0 Å². The quantitative estimate of drug-likeness (QED) is 0.667. The Balaban J connectivity index is 2.27. The number of fused-ring (bicyclic) bond motifs is 1. The predicted molar refractivity (Wildman–Crippen MR) is 105 cm³/mol. The van der Waals surface area contributed by atoms with Gasteiger partial charge in [0.1, 0.15) is 5.75 Å². The topological polar surface area (TPSA) is 62.3 Å². The van der Waals surface area contributed by atoms with Crippen LogP contribution in [0.15, 0.2) is 42.5 Å². The molecule has 4 heteroatoms. The highest BCUT2D eigenvalue weighted by Gasteiger charge is 2.21. The second-order valence-electron chi connectivity index (χ2n) is 7.49. The zero-order chi connectivity index (χ0) is 18.9. The summed E-state index contributed by atoms with van der Waals surface area (Å²) >= 11 is 0. The largest absolute Gasteiger partial charge is 0.493 e. The maximum atomic E-state index is 11.5. The van der Waals surface area contributed by atoms with E-state index in [2.05, 4.69) is 37.9 Å². The van der Waals surface area contributed by atoms with Crippen molar-refractivity contribution in [3.8, 4) is 17.0 Å². The molecule has 3 aromatic rings. The molecule has 0 aliphatic carbocycles. The fourth-order valence-corrected chi connectivity index (χ4v) is 3.23. The molecule has 0 radical (unpaired) electrons. The number of hydrogen-bond acceptors (Lipinski definition) is 2. The Hall–Kier alpha value is -2.75. The lowest BCUT2D eigenvalue weighted by atomic mass is 9.86. The number of aromatic amines is 1. The van der Waals surface area contributed by atoms with Crippen LogP contribution in [0, 0.1) is 0 Å². The monoisotopic (exact) mass is 351 g/mol. The first-order valence-corrected chi connectivity index (χ1v) is 8.90. The Morgan fingerprint density at radius 1 is 1.15 bits per heavy atom. The van der Waals surface area contributed by atoms with Crippen molar-refractivity contribution in [1.29, 1.82) is 0 Å². The Bertz CT molecular complexity index is 948. The molecular weight excluding hydrogens is 326 g/mol. The first kappa shape index (κ1) is 18.1. The van der Waals surface area contributed by atoms with E-state index in [1.165, 1.54) is 5.56 Å². The van der Waals surface area contributed by atoms with Gasteiger partial charge in [0.25, 0.3) is 0 Å². The van der Waals surface area contributed by atoms with Crippen LogP contribution in [0.5, 0.6) is 5.75 Å². The van der Waals surface area contributed by atoms with E-state index in [9.17, 15) is 9.90 Å². The zero-order valence-electron chi connectivity index (χ0n) is 15.7. The highest BCUT2D eigenvalue weighted by atomic mass is 16.5. The third-order valence-corrected chi connectivity index (χ3v) is 4.56. The summed E-state index contributed by atoms with van der Waals surface area (Å²) in [4.78, 5) is 15.0. The van der Waals surface area contributed by atoms with Crippen molar-refractivity contribution in [2.24, 2.45) is 0 Å². The Kier molecular flexibility index (Phi) is 4.77. The standard InChI is InChI=1S/C22H25NO3/c1-5-26-19-9-7-6-8-15(19)21-17(13-20(24)25)16-12-14(22(2,3)4)10-11-18(16)23-21/h6-12,23H,5,13H2,1-4H3,(H,24,25). The molecule has 0 amide bonds. The summed E-state index contributed by atoms with van der Waals surface area (Å²) < 4.78 is 5.76.